The van der Waals surface area contributed by atoms with Gasteiger partial charge in [0.15, 0.2) is 0 Å². The molecule has 1 saturated carbocycles. The van der Waals surface area contributed by atoms with Crippen molar-refractivity contribution in [2.45, 2.75) is 62.6 Å². The Morgan fingerprint density at radius 2 is 2.16 bits per heavy atom. The zero-order valence-electron chi connectivity index (χ0n) is 12.2. The first-order chi connectivity index (χ1) is 9.14. The maximum atomic E-state index is 11.0. The van der Waals surface area contributed by atoms with E-state index in [9.17, 15) is 5.11 Å². The van der Waals surface area contributed by atoms with E-state index in [2.05, 4.69) is 0 Å². The first kappa shape index (κ1) is 15.2. The Kier molecular flexibility index (Phi) is 5.23. The van der Waals surface area contributed by atoms with E-state index < -0.39 is 5.60 Å². The summed E-state index contributed by atoms with van der Waals surface area (Å²) >= 11 is 0. The van der Waals surface area contributed by atoms with E-state index in [1.54, 1.807) is 7.11 Å². The predicted octanol–water partition coefficient (Wildman–Crippen LogP) is 1.84. The largest absolute Gasteiger partial charge is 0.387 e. The first-order valence-electron chi connectivity index (χ1n) is 7.69. The average Bonchev–Trinajstić information content (AvgIpc) is 2.85. The Balaban J connectivity index is 2.03. The van der Waals surface area contributed by atoms with Crippen molar-refractivity contribution in [1.82, 2.24) is 0 Å². The SMILES string of the molecule is COCC(O)(CCCN)C1CCOC2(CCCC2)C1. The van der Waals surface area contributed by atoms with Gasteiger partial charge in [-0.2, -0.15) is 0 Å². The molecule has 0 radical (unpaired) electrons. The fourth-order valence-corrected chi connectivity index (χ4v) is 3.91. The van der Waals surface area contributed by atoms with E-state index >= 15 is 0 Å². The molecule has 1 heterocycles. The molecule has 4 nitrogen and oxygen atoms in total. The molecule has 0 aromatic carbocycles. The standard InChI is InChI=1S/C15H29NO3/c1-18-12-15(17,8-4-9-16)13-5-10-19-14(11-13)6-2-3-7-14/h13,17H,2-12,16H2,1H3. The monoisotopic (exact) mass is 271 g/mol. The number of methoxy groups -OCH3 is 1. The number of aliphatic hydroxyl groups is 1. The van der Waals surface area contributed by atoms with Gasteiger partial charge in [0.25, 0.3) is 0 Å². The minimum absolute atomic E-state index is 0.0490. The Bertz CT molecular complexity index is 279. The molecule has 0 amide bonds. The fourth-order valence-electron chi connectivity index (χ4n) is 3.91. The van der Waals surface area contributed by atoms with Gasteiger partial charge in [-0.3, -0.25) is 0 Å². The van der Waals surface area contributed by atoms with E-state index in [1.165, 1.54) is 12.8 Å². The molecule has 2 atom stereocenters. The summed E-state index contributed by atoms with van der Waals surface area (Å²) < 4.78 is 11.3. The van der Waals surface area contributed by atoms with Crippen LogP contribution in [0.2, 0.25) is 0 Å². The minimum Gasteiger partial charge on any atom is -0.387 e. The summed E-state index contributed by atoms with van der Waals surface area (Å²) in [6.45, 7) is 1.81. The van der Waals surface area contributed by atoms with E-state index in [1.807, 2.05) is 0 Å². The lowest BCUT2D eigenvalue weighted by atomic mass is 9.73. The van der Waals surface area contributed by atoms with Crippen molar-refractivity contribution in [3.63, 3.8) is 0 Å². The second kappa shape index (κ2) is 6.53. The summed E-state index contributed by atoms with van der Waals surface area (Å²) in [7, 11) is 1.66. The molecule has 1 aliphatic carbocycles. The third-order valence-electron chi connectivity index (χ3n) is 4.98. The van der Waals surface area contributed by atoms with Crippen LogP contribution in [0, 0.1) is 5.92 Å². The van der Waals surface area contributed by atoms with Crippen LogP contribution in [-0.4, -0.2) is 43.2 Å². The molecule has 2 fully saturated rings. The van der Waals surface area contributed by atoms with E-state index in [4.69, 9.17) is 15.2 Å². The van der Waals surface area contributed by atoms with Crippen LogP contribution < -0.4 is 5.73 Å². The van der Waals surface area contributed by atoms with Crippen LogP contribution in [0.5, 0.6) is 0 Å². The molecule has 1 aliphatic heterocycles. The maximum absolute atomic E-state index is 11.0. The Morgan fingerprint density at radius 1 is 1.42 bits per heavy atom. The quantitative estimate of drug-likeness (QED) is 0.773. The first-order valence-corrected chi connectivity index (χ1v) is 7.69. The fraction of sp³-hybridized carbons (Fsp3) is 1.00. The highest BCUT2D eigenvalue weighted by Gasteiger charge is 2.46. The highest BCUT2D eigenvalue weighted by atomic mass is 16.5. The van der Waals surface area contributed by atoms with Crippen LogP contribution in [-0.2, 0) is 9.47 Å². The van der Waals surface area contributed by atoms with Crippen LogP contribution in [0.1, 0.15) is 51.4 Å². The van der Waals surface area contributed by atoms with Crippen LogP contribution in [0.4, 0.5) is 0 Å². The number of hydrogen-bond acceptors (Lipinski definition) is 4. The molecule has 1 spiro atoms. The third kappa shape index (κ3) is 3.48. The lowest BCUT2D eigenvalue weighted by molar-refractivity contribution is -0.158. The van der Waals surface area contributed by atoms with Crippen molar-refractivity contribution in [2.75, 3.05) is 26.9 Å². The number of rotatable bonds is 6. The lowest BCUT2D eigenvalue weighted by Gasteiger charge is -2.45. The van der Waals surface area contributed by atoms with Gasteiger partial charge in [-0.25, -0.2) is 0 Å². The molecule has 112 valence electrons. The van der Waals surface area contributed by atoms with Gasteiger partial charge in [0.1, 0.15) is 0 Å². The smallest absolute Gasteiger partial charge is 0.0910 e. The lowest BCUT2D eigenvalue weighted by Crippen LogP contribution is -2.50. The normalized spacial score (nSPS) is 29.5. The van der Waals surface area contributed by atoms with Crippen LogP contribution in [0.3, 0.4) is 0 Å². The second-order valence-electron chi connectivity index (χ2n) is 6.36. The van der Waals surface area contributed by atoms with Crippen molar-refractivity contribution in [3.05, 3.63) is 0 Å². The van der Waals surface area contributed by atoms with Gasteiger partial charge in [-0.15, -0.1) is 0 Å². The van der Waals surface area contributed by atoms with E-state index in [-0.39, 0.29) is 11.5 Å². The molecule has 4 heteroatoms. The zero-order valence-corrected chi connectivity index (χ0v) is 12.2. The van der Waals surface area contributed by atoms with Crippen LogP contribution in [0.25, 0.3) is 0 Å². The predicted molar refractivity (Wildman–Crippen MR) is 75.0 cm³/mol. The van der Waals surface area contributed by atoms with Crippen molar-refractivity contribution in [2.24, 2.45) is 11.7 Å². The van der Waals surface area contributed by atoms with Gasteiger partial charge >= 0.3 is 0 Å². The average molecular weight is 271 g/mol. The molecule has 2 unspecified atom stereocenters. The van der Waals surface area contributed by atoms with Gasteiger partial charge < -0.3 is 20.3 Å². The van der Waals surface area contributed by atoms with Gasteiger partial charge in [0.05, 0.1) is 17.8 Å². The number of ether oxygens (including phenoxy) is 2. The number of hydrogen-bond donors (Lipinski definition) is 2. The molecule has 2 aliphatic rings. The zero-order chi connectivity index (χ0) is 13.8. The van der Waals surface area contributed by atoms with Crippen molar-refractivity contribution in [1.29, 1.82) is 0 Å². The minimum atomic E-state index is -0.729. The summed E-state index contributed by atoms with van der Waals surface area (Å²) in [4.78, 5) is 0. The summed E-state index contributed by atoms with van der Waals surface area (Å²) in [6, 6.07) is 0. The van der Waals surface area contributed by atoms with Crippen molar-refractivity contribution in [3.8, 4) is 0 Å². The van der Waals surface area contributed by atoms with Gasteiger partial charge in [-0.1, -0.05) is 12.8 Å². The van der Waals surface area contributed by atoms with Gasteiger partial charge in [0, 0.05) is 13.7 Å². The third-order valence-corrected chi connectivity index (χ3v) is 4.98. The maximum Gasteiger partial charge on any atom is 0.0910 e. The van der Waals surface area contributed by atoms with E-state index in [0.717, 1.165) is 45.1 Å². The summed E-state index contributed by atoms with van der Waals surface area (Å²) in [5, 5.41) is 11.0. The van der Waals surface area contributed by atoms with Gasteiger partial charge in [0.2, 0.25) is 0 Å². The Labute approximate surface area is 116 Å². The molecular formula is C15H29NO3. The van der Waals surface area contributed by atoms with Crippen molar-refractivity contribution < 1.29 is 14.6 Å². The molecule has 1 saturated heterocycles. The van der Waals surface area contributed by atoms with Gasteiger partial charge in [-0.05, 0) is 51.0 Å². The van der Waals surface area contributed by atoms with E-state index in [0.29, 0.717) is 13.2 Å². The molecule has 19 heavy (non-hydrogen) atoms. The topological polar surface area (TPSA) is 64.7 Å². The molecule has 2 rings (SSSR count). The molecule has 0 aromatic rings. The highest BCUT2D eigenvalue weighted by Crippen LogP contribution is 2.45. The summed E-state index contributed by atoms with van der Waals surface area (Å²) in [5.41, 5.74) is 4.92. The molecule has 0 bridgehead atoms. The van der Waals surface area contributed by atoms with Crippen molar-refractivity contribution >= 4 is 0 Å². The highest BCUT2D eigenvalue weighted by molar-refractivity contribution is 4.97. The van der Waals surface area contributed by atoms with Crippen LogP contribution in [0.15, 0.2) is 0 Å². The second-order valence-corrected chi connectivity index (χ2v) is 6.36. The molecule has 0 aromatic heterocycles. The Hall–Kier alpha value is -0.160. The Morgan fingerprint density at radius 3 is 2.79 bits per heavy atom. The summed E-state index contributed by atoms with van der Waals surface area (Å²) in [5.74, 6) is 0.283. The number of nitrogens with two attached hydrogens (primary N) is 1. The van der Waals surface area contributed by atoms with Crippen LogP contribution >= 0.6 is 0 Å². The molecule has 3 N–H and O–H groups in total. The molecular weight excluding hydrogens is 242 g/mol. The summed E-state index contributed by atoms with van der Waals surface area (Å²) in [6.07, 6.45) is 8.34.